The van der Waals surface area contributed by atoms with Crippen molar-refractivity contribution in [3.05, 3.63) is 344 Å². The van der Waals surface area contributed by atoms with Crippen LogP contribution in [0.3, 0.4) is 0 Å². The van der Waals surface area contributed by atoms with E-state index in [4.69, 9.17) is 80.4 Å². The highest BCUT2D eigenvalue weighted by Crippen LogP contribution is 2.43. The normalized spacial score (nSPS) is 12.6. The van der Waals surface area contributed by atoms with E-state index >= 15 is 4.79 Å². The number of nitrogens with zero attached hydrogens (tertiary/aromatic N) is 17. The zero-order chi connectivity index (χ0) is 101. The molecule has 4 N–H and O–H groups in total. The Kier molecular flexibility index (Phi) is 28.2. The van der Waals surface area contributed by atoms with Crippen LogP contribution in [0.15, 0.2) is 209 Å². The molecule has 0 radical (unpaired) electrons. The molecule has 0 atom stereocenters. The van der Waals surface area contributed by atoms with E-state index in [0.29, 0.717) is 192 Å². The molecule has 0 fully saturated rings. The van der Waals surface area contributed by atoms with Crippen LogP contribution in [0.5, 0.6) is 17.2 Å². The molecule has 0 bridgehead atoms. The Balaban J connectivity index is 0.634. The molecule has 141 heavy (non-hydrogen) atoms. The molecule has 28 nitrogen and oxygen atoms in total. The summed E-state index contributed by atoms with van der Waals surface area (Å²) in [5.74, 6) is 0.654. The first kappa shape index (κ1) is 101. The quantitative estimate of drug-likeness (QED) is 0.0347. The number of ether oxygens (including phenoxy) is 4. The monoisotopic (exact) mass is 2110 g/mol. The minimum absolute atomic E-state index is 0.0496. The second-order valence-electron chi connectivity index (χ2n) is 37.8. The lowest BCUT2D eigenvalue weighted by molar-refractivity contribution is 0.0688. The minimum Gasteiger partial charge on any atom is -0.486 e. The average molecular weight is 2110 g/mol. The number of hydrogen-bond acceptors (Lipinski definition) is 25. The van der Waals surface area contributed by atoms with Crippen LogP contribution < -0.4 is 35.8 Å². The molecule has 0 spiro atoms. The van der Waals surface area contributed by atoms with E-state index in [1.54, 1.807) is 182 Å². The predicted molar refractivity (Wildman–Crippen MR) is 551 cm³/mol. The van der Waals surface area contributed by atoms with Gasteiger partial charge in [0, 0.05) is 113 Å². The van der Waals surface area contributed by atoms with Crippen LogP contribution in [0, 0.1) is 89.0 Å². The summed E-state index contributed by atoms with van der Waals surface area (Å²) < 4.78 is 45.3. The highest BCUT2D eigenvalue weighted by atomic mass is 79.9. The molecule has 16 heterocycles. The molecule has 1 aliphatic rings. The molecule has 0 amide bonds. The Morgan fingerprint density at radius 1 is 0.383 bits per heavy atom. The Bertz CT molecular complexity index is 7850. The van der Waals surface area contributed by atoms with Crippen molar-refractivity contribution in [2.45, 2.75) is 194 Å². The van der Waals surface area contributed by atoms with Crippen molar-refractivity contribution in [1.82, 2.24) is 78.5 Å². The van der Waals surface area contributed by atoms with Gasteiger partial charge in [0.15, 0.2) is 5.82 Å². The van der Waals surface area contributed by atoms with Crippen molar-refractivity contribution >= 4 is 65.1 Å². The summed E-state index contributed by atoms with van der Waals surface area (Å²) in [5, 5.41) is 46.5. The van der Waals surface area contributed by atoms with E-state index < -0.39 is 39.5 Å². The molecular weight excluding hydrogens is 2010 g/mol. The fraction of sp³-hybridized carbons (Fsp3) is 0.278. The van der Waals surface area contributed by atoms with E-state index in [-0.39, 0.29) is 69.3 Å². The summed E-state index contributed by atoms with van der Waals surface area (Å²) in [5.41, 5.74) is 15.2. The van der Waals surface area contributed by atoms with Crippen LogP contribution in [-0.4, -0.2) is 105 Å². The maximum Gasteiger partial charge on any atom is 0.273 e. The summed E-state index contributed by atoms with van der Waals surface area (Å²) in [6, 6.07) is 34.2. The summed E-state index contributed by atoms with van der Waals surface area (Å²) >= 11 is 18.1. The summed E-state index contributed by atoms with van der Waals surface area (Å²) in [6.45, 7) is 37.4. The number of aryl methyl sites for hydroxylation is 11. The molecule has 0 saturated heterocycles. The molecule has 1 aliphatic heterocycles. The fourth-order valence-electron chi connectivity index (χ4n) is 16.6. The third-order valence-electron chi connectivity index (χ3n) is 24.2. The largest absolute Gasteiger partial charge is 0.486 e. The first-order chi connectivity index (χ1) is 66.5. The first-order valence-electron chi connectivity index (χ1n) is 45.4. The highest BCUT2D eigenvalue weighted by molar-refractivity contribution is 9.11. The van der Waals surface area contributed by atoms with Gasteiger partial charge in [0.05, 0.1) is 120 Å². The van der Waals surface area contributed by atoms with Gasteiger partial charge in [0.1, 0.15) is 85.3 Å². The van der Waals surface area contributed by atoms with Gasteiger partial charge in [-0.25, -0.2) is 29.9 Å². The maximum atomic E-state index is 15.1. The van der Waals surface area contributed by atoms with E-state index in [9.17, 15) is 34.4 Å². The Labute approximate surface area is 844 Å². The van der Waals surface area contributed by atoms with Gasteiger partial charge in [-0.2, -0.15) is 4.39 Å². The van der Waals surface area contributed by atoms with Crippen molar-refractivity contribution in [3.8, 4) is 113 Å². The van der Waals surface area contributed by atoms with Crippen molar-refractivity contribution in [3.63, 3.8) is 0 Å². The van der Waals surface area contributed by atoms with E-state index in [1.807, 2.05) is 136 Å². The number of halogens is 5. The van der Waals surface area contributed by atoms with Crippen LogP contribution in [0.4, 0.5) is 10.1 Å². The summed E-state index contributed by atoms with van der Waals surface area (Å²) in [4.78, 5) is 109. The number of hydrogen-bond donors (Lipinski definition) is 4. The Morgan fingerprint density at radius 2 is 0.809 bits per heavy atom. The molecule has 722 valence electrons. The molecule has 0 aromatic carbocycles. The topological polar surface area (TPSA) is 355 Å². The molecule has 15 aromatic rings. The number of pyridine rings is 14. The Morgan fingerprint density at radius 3 is 1.32 bits per heavy atom. The smallest absolute Gasteiger partial charge is 0.273 e. The van der Waals surface area contributed by atoms with Crippen LogP contribution in [0.1, 0.15) is 175 Å². The number of anilines is 1. The number of aromatic nitrogens is 16. The second-order valence-corrected chi connectivity index (χ2v) is 40.6. The van der Waals surface area contributed by atoms with Crippen LogP contribution >= 0.6 is 59.4 Å². The van der Waals surface area contributed by atoms with Gasteiger partial charge >= 0.3 is 0 Å². The average Bonchev–Trinajstić information content (AvgIpc) is 0.758. The van der Waals surface area contributed by atoms with E-state index in [2.05, 4.69) is 67.6 Å². The van der Waals surface area contributed by atoms with Gasteiger partial charge in [0.25, 0.3) is 16.7 Å². The number of rotatable bonds is 27. The standard InChI is InChI=1S/C108H104Br3ClFN17O11/c1-54-25-68(121-96(113)29-54)50-138-90-31-63(10)130(101(131)97(90)109)88-41-81(120-48-61(88)8)100-66(13)69(36-95(126-100)107(18,19)136)71-27-56(3)43-115-83(71)52-141-92-33-65(12)129(103(133)99(92)111)87-40-78(119-47-60(87)7)80-37-75(124-104(125-80)108(20,21)137)72-28-57(4)44-116-84(72)53-139-89-30-62(9)127(49-73(89)112)85-38-77(118-45-58(85)5)79-34-67(35-94(123-79)106(16,17)135)70-26-55(2)42-114-82(70)51-140-91-32-64(11)128(102(132)98(91)110)86-39-76(117-46-59(86)6)74-23-22-24-93(122-74)105(14,15)134/h22-48,134-137H,49-53H2,1-21H3. The predicted octanol–water partition coefficient (Wildman–Crippen LogP) is 21.1. The van der Waals surface area contributed by atoms with Gasteiger partial charge in [-0.3, -0.25) is 63.0 Å². The van der Waals surface area contributed by atoms with Gasteiger partial charge in [-0.05, 0) is 345 Å². The fourth-order valence-corrected chi connectivity index (χ4v) is 18.1. The van der Waals surface area contributed by atoms with Crippen LogP contribution in [-0.2, 0) is 53.6 Å². The molecule has 33 heteroatoms. The van der Waals surface area contributed by atoms with Crippen LogP contribution in [0.25, 0.3) is 96.1 Å². The van der Waals surface area contributed by atoms with Crippen molar-refractivity contribution in [2.24, 2.45) is 0 Å². The van der Waals surface area contributed by atoms with Crippen LogP contribution in [0.2, 0.25) is 0 Å². The second kappa shape index (κ2) is 39.6. The van der Waals surface area contributed by atoms with E-state index in [0.717, 1.165) is 39.2 Å². The molecule has 0 aliphatic carbocycles. The number of allylic oxidation sites excluding steroid dienone is 2. The Hall–Kier alpha value is -13.4. The lowest BCUT2D eigenvalue weighted by atomic mass is 9.92. The molecule has 0 unspecified atom stereocenters. The zero-order valence-corrected chi connectivity index (χ0v) is 87.3. The lowest BCUT2D eigenvalue weighted by Gasteiger charge is -2.31. The lowest BCUT2D eigenvalue weighted by Crippen LogP contribution is -2.27. The first-order valence-corrected chi connectivity index (χ1v) is 48.1. The third-order valence-corrected chi connectivity index (χ3v) is 26.7. The number of aliphatic hydroxyl groups is 4. The zero-order valence-electron chi connectivity index (χ0n) is 81.8. The maximum absolute atomic E-state index is 15.1. The molecule has 15 aromatic heterocycles. The SMILES string of the molecule is CC1=CC(OCc2ncc(C)cc2-c2cc(-c3cc(-n4c(C)cc(OCc5ncc(C)cc5-c5cc(C(C)(C)O)nc(-c6cc(-n7c(C)cc(OCc8cc(C)cc(F)n8)c(Br)c7=O)c(C)cn6)c5C)c(Br)c4=O)c(C)cn3)nc(C(C)(C)O)n2)=C(Cl)CN1c1cc(-c2cc(-c3cc(C)cnc3COc3cc(C)n(-c4cc(-c5cccc(C(C)(C)O)n5)ncc4C)c(=O)c3Br)cc(C(C)(C)O)n2)ncc1C. The summed E-state index contributed by atoms with van der Waals surface area (Å²) in [6.07, 6.45) is 13.9. The van der Waals surface area contributed by atoms with Crippen molar-refractivity contribution in [1.29, 1.82) is 0 Å². The molecular formula is C108H104Br3ClFN17O11. The molecule has 0 saturated carbocycles. The van der Waals surface area contributed by atoms with Gasteiger partial charge in [-0.15, -0.1) is 0 Å². The van der Waals surface area contributed by atoms with E-state index in [1.165, 1.54) is 6.07 Å². The minimum atomic E-state index is -1.56. The van der Waals surface area contributed by atoms with Gasteiger partial charge in [0.2, 0.25) is 5.95 Å². The van der Waals surface area contributed by atoms with Gasteiger partial charge < -0.3 is 44.3 Å². The third kappa shape index (κ3) is 21.3. The molecule has 16 rings (SSSR count). The highest BCUT2D eigenvalue weighted by Gasteiger charge is 2.33. The van der Waals surface area contributed by atoms with Crippen molar-refractivity contribution < 1.29 is 43.8 Å². The van der Waals surface area contributed by atoms with Crippen molar-refractivity contribution in [2.75, 3.05) is 11.4 Å². The van der Waals surface area contributed by atoms with Gasteiger partial charge in [-0.1, -0.05) is 17.7 Å². The summed E-state index contributed by atoms with van der Waals surface area (Å²) in [7, 11) is 0.